The molecule has 3 aromatic rings. The molecule has 1 heterocycles. The first-order valence-electron chi connectivity index (χ1n) is 9.64. The highest BCUT2D eigenvalue weighted by molar-refractivity contribution is 9.10. The Morgan fingerprint density at radius 1 is 1.38 bits per heavy atom. The highest BCUT2D eigenvalue weighted by Gasteiger charge is 2.18. The third-order valence-electron chi connectivity index (χ3n) is 4.86. The van der Waals surface area contributed by atoms with Crippen molar-refractivity contribution in [2.24, 2.45) is 5.10 Å². The van der Waals surface area contributed by atoms with Crippen molar-refractivity contribution < 1.29 is 9.47 Å². The molecule has 7 nitrogen and oxygen atoms in total. The molecular weight excluding hydrogens is 564 g/mol. The van der Waals surface area contributed by atoms with Crippen LogP contribution >= 0.6 is 43.5 Å². The predicted octanol–water partition coefficient (Wildman–Crippen LogP) is 5.88. The molecule has 166 valence electrons. The van der Waals surface area contributed by atoms with E-state index < -0.39 is 0 Å². The summed E-state index contributed by atoms with van der Waals surface area (Å²) in [7, 11) is 1.47. The molecule has 0 unspecified atom stereocenters. The SMILES string of the molecule is CC[C@@H](C)c1nc2ccc(Br)cc2c(=O)n1N=Cc1cc(OC)c(OCC#N)c(Cl)c1Br. The number of nitrogens with zero attached hydrogens (tertiary/aromatic N) is 4. The first kappa shape index (κ1) is 24.2. The van der Waals surface area contributed by atoms with Crippen molar-refractivity contribution in [3.63, 3.8) is 0 Å². The molecule has 0 fully saturated rings. The molecule has 0 N–H and O–H groups in total. The number of hydrogen-bond donors (Lipinski definition) is 0. The Labute approximate surface area is 206 Å². The second kappa shape index (κ2) is 10.5. The minimum absolute atomic E-state index is 0.0104. The average molecular weight is 583 g/mol. The molecule has 0 aliphatic heterocycles. The van der Waals surface area contributed by atoms with Crippen LogP contribution in [-0.4, -0.2) is 29.6 Å². The van der Waals surface area contributed by atoms with Crippen LogP contribution in [-0.2, 0) is 0 Å². The fourth-order valence-corrected chi connectivity index (χ4v) is 4.00. The van der Waals surface area contributed by atoms with Gasteiger partial charge in [0.25, 0.3) is 5.56 Å². The van der Waals surface area contributed by atoms with Crippen LogP contribution in [0.15, 0.2) is 43.1 Å². The number of nitriles is 1. The maximum Gasteiger partial charge on any atom is 0.282 e. The maximum atomic E-state index is 13.3. The van der Waals surface area contributed by atoms with Gasteiger partial charge in [-0.3, -0.25) is 4.79 Å². The number of fused-ring (bicyclic) bond motifs is 1. The lowest BCUT2D eigenvalue weighted by Crippen LogP contribution is -2.23. The molecule has 1 aromatic heterocycles. The Hall–Kier alpha value is -2.41. The standard InChI is InChI=1S/C22H19Br2ClN4O3/c1-4-12(2)21-28-16-6-5-14(23)10-15(16)22(30)29(21)27-11-13-9-17(31-3)20(32-8-7-26)19(25)18(13)24/h5-6,9-12H,4,8H2,1-3H3/t12-/m1/s1. The predicted molar refractivity (Wildman–Crippen MR) is 132 cm³/mol. The largest absolute Gasteiger partial charge is 0.493 e. The van der Waals surface area contributed by atoms with Gasteiger partial charge in [0, 0.05) is 20.4 Å². The summed E-state index contributed by atoms with van der Waals surface area (Å²) in [6.45, 7) is 3.84. The summed E-state index contributed by atoms with van der Waals surface area (Å²) in [5.41, 5.74) is 0.906. The zero-order valence-corrected chi connectivity index (χ0v) is 21.5. The number of rotatable bonds is 7. The van der Waals surface area contributed by atoms with Crippen molar-refractivity contribution in [2.75, 3.05) is 13.7 Å². The van der Waals surface area contributed by atoms with Crippen LogP contribution in [0, 0.1) is 11.3 Å². The second-order valence-electron chi connectivity index (χ2n) is 6.87. The Kier molecular flexibility index (Phi) is 7.93. The number of methoxy groups -OCH3 is 1. The molecule has 32 heavy (non-hydrogen) atoms. The van der Waals surface area contributed by atoms with Gasteiger partial charge in [-0.15, -0.1) is 0 Å². The smallest absolute Gasteiger partial charge is 0.282 e. The third kappa shape index (κ3) is 4.82. The summed E-state index contributed by atoms with van der Waals surface area (Å²) in [6, 6.07) is 8.94. The highest BCUT2D eigenvalue weighted by atomic mass is 79.9. The van der Waals surface area contributed by atoms with E-state index in [1.165, 1.54) is 18.0 Å². The molecule has 0 saturated heterocycles. The lowest BCUT2D eigenvalue weighted by molar-refractivity contribution is 0.329. The summed E-state index contributed by atoms with van der Waals surface area (Å²) < 4.78 is 13.3. The number of hydrogen-bond acceptors (Lipinski definition) is 6. The van der Waals surface area contributed by atoms with Crippen molar-refractivity contribution in [2.45, 2.75) is 26.2 Å². The van der Waals surface area contributed by atoms with Crippen LogP contribution < -0.4 is 15.0 Å². The second-order valence-corrected chi connectivity index (χ2v) is 8.96. The molecule has 0 aliphatic carbocycles. The van der Waals surface area contributed by atoms with Crippen molar-refractivity contribution in [3.05, 3.63) is 60.0 Å². The van der Waals surface area contributed by atoms with Crippen molar-refractivity contribution in [1.29, 1.82) is 5.26 Å². The van der Waals surface area contributed by atoms with E-state index in [4.69, 9.17) is 31.3 Å². The fourth-order valence-electron chi connectivity index (χ4n) is 2.99. The van der Waals surface area contributed by atoms with E-state index in [1.54, 1.807) is 12.1 Å². The minimum Gasteiger partial charge on any atom is -0.493 e. The van der Waals surface area contributed by atoms with Crippen LogP contribution in [0.3, 0.4) is 0 Å². The van der Waals surface area contributed by atoms with E-state index in [9.17, 15) is 4.79 Å². The maximum absolute atomic E-state index is 13.3. The van der Waals surface area contributed by atoms with E-state index in [1.807, 2.05) is 32.0 Å². The number of benzene rings is 2. The van der Waals surface area contributed by atoms with Crippen LogP contribution in [0.4, 0.5) is 0 Å². The molecule has 0 spiro atoms. The summed E-state index contributed by atoms with van der Waals surface area (Å²) in [4.78, 5) is 18.0. The van der Waals surface area contributed by atoms with Gasteiger partial charge in [-0.05, 0) is 46.6 Å². The van der Waals surface area contributed by atoms with Gasteiger partial charge in [0.1, 0.15) is 16.9 Å². The van der Waals surface area contributed by atoms with E-state index in [0.29, 0.717) is 32.5 Å². The molecule has 0 saturated carbocycles. The topological polar surface area (TPSA) is 89.5 Å². The summed E-state index contributed by atoms with van der Waals surface area (Å²) in [5.74, 6) is 1.15. The zero-order valence-electron chi connectivity index (χ0n) is 17.5. The first-order chi connectivity index (χ1) is 15.3. The van der Waals surface area contributed by atoms with E-state index in [0.717, 1.165) is 10.9 Å². The molecule has 0 amide bonds. The Balaban J connectivity index is 2.18. The van der Waals surface area contributed by atoms with Gasteiger partial charge in [0.05, 0.1) is 24.2 Å². The summed E-state index contributed by atoms with van der Waals surface area (Å²) >= 11 is 13.3. The van der Waals surface area contributed by atoms with Gasteiger partial charge in [-0.25, -0.2) is 4.98 Å². The lowest BCUT2D eigenvalue weighted by Gasteiger charge is -2.15. The minimum atomic E-state index is -0.272. The zero-order chi connectivity index (χ0) is 23.4. The number of ether oxygens (including phenoxy) is 2. The fraction of sp³-hybridized carbons (Fsp3) is 0.273. The number of aromatic nitrogens is 2. The van der Waals surface area contributed by atoms with E-state index in [-0.39, 0.29) is 28.9 Å². The van der Waals surface area contributed by atoms with Crippen LogP contribution in [0.5, 0.6) is 11.5 Å². The van der Waals surface area contributed by atoms with Gasteiger partial charge in [0.2, 0.25) is 0 Å². The Morgan fingerprint density at radius 3 is 2.78 bits per heavy atom. The number of halogens is 3. The van der Waals surface area contributed by atoms with E-state index in [2.05, 4.69) is 37.0 Å². The Bertz CT molecular complexity index is 1300. The molecule has 10 heteroatoms. The molecule has 0 radical (unpaired) electrons. The lowest BCUT2D eigenvalue weighted by atomic mass is 10.1. The van der Waals surface area contributed by atoms with Crippen molar-refractivity contribution >= 4 is 60.6 Å². The van der Waals surface area contributed by atoms with Crippen LogP contribution in [0.2, 0.25) is 5.02 Å². The summed E-state index contributed by atoms with van der Waals surface area (Å²) in [6.07, 6.45) is 2.30. The van der Waals surface area contributed by atoms with Crippen molar-refractivity contribution in [1.82, 2.24) is 9.66 Å². The van der Waals surface area contributed by atoms with Crippen molar-refractivity contribution in [3.8, 4) is 17.6 Å². The monoisotopic (exact) mass is 580 g/mol. The summed E-state index contributed by atoms with van der Waals surface area (Å²) in [5, 5.41) is 13.9. The molecule has 0 bridgehead atoms. The van der Waals surface area contributed by atoms with Gasteiger partial charge >= 0.3 is 0 Å². The average Bonchev–Trinajstić information content (AvgIpc) is 2.79. The Morgan fingerprint density at radius 2 is 2.12 bits per heavy atom. The molecule has 3 rings (SSSR count). The highest BCUT2D eigenvalue weighted by Crippen LogP contribution is 2.42. The van der Waals surface area contributed by atoms with Gasteiger partial charge in [-0.2, -0.15) is 15.0 Å². The molecule has 0 aliphatic rings. The van der Waals surface area contributed by atoms with Gasteiger partial charge in [0.15, 0.2) is 18.1 Å². The normalized spacial score (nSPS) is 12.2. The molecule has 1 atom stereocenters. The third-order valence-corrected chi connectivity index (χ3v) is 6.79. The molecule has 2 aromatic carbocycles. The van der Waals surface area contributed by atoms with Crippen LogP contribution in [0.1, 0.15) is 37.6 Å². The van der Waals surface area contributed by atoms with Gasteiger partial charge < -0.3 is 9.47 Å². The van der Waals surface area contributed by atoms with Gasteiger partial charge in [-0.1, -0.05) is 41.4 Å². The quantitative estimate of drug-likeness (QED) is 0.325. The van der Waals surface area contributed by atoms with Crippen LogP contribution in [0.25, 0.3) is 10.9 Å². The first-order valence-corrected chi connectivity index (χ1v) is 11.6. The molecular formula is C22H19Br2ClN4O3. The van der Waals surface area contributed by atoms with E-state index >= 15 is 0 Å².